The third-order valence-electron chi connectivity index (χ3n) is 5.18. The van der Waals surface area contributed by atoms with E-state index in [2.05, 4.69) is 49.6 Å². The van der Waals surface area contributed by atoms with Gasteiger partial charge in [-0.2, -0.15) is 0 Å². The number of imidazole rings is 1. The highest BCUT2D eigenvalue weighted by Crippen LogP contribution is 2.43. The second-order valence-electron chi connectivity index (χ2n) is 7.56. The molecule has 1 aromatic heterocycles. The van der Waals surface area contributed by atoms with Crippen molar-refractivity contribution in [1.29, 1.82) is 0 Å². The van der Waals surface area contributed by atoms with Gasteiger partial charge in [0, 0.05) is 22.9 Å². The first-order valence-corrected chi connectivity index (χ1v) is 9.18. The van der Waals surface area contributed by atoms with Crippen molar-refractivity contribution < 1.29 is 4.74 Å². The van der Waals surface area contributed by atoms with Crippen LogP contribution in [0.4, 0.5) is 0 Å². The largest absolute Gasteiger partial charge is 0.487 e. The average molecular weight is 322 g/mol. The number of unbranched alkanes of at least 4 members (excludes halogenated alkanes) is 2. The first kappa shape index (κ1) is 15.5. The molecule has 0 N–H and O–H groups in total. The summed E-state index contributed by atoms with van der Waals surface area (Å²) >= 11 is 0. The van der Waals surface area contributed by atoms with E-state index in [0.717, 1.165) is 30.7 Å². The van der Waals surface area contributed by atoms with Crippen LogP contribution in [-0.2, 0) is 13.0 Å². The number of aryl methyl sites for hydroxylation is 2. The van der Waals surface area contributed by atoms with Gasteiger partial charge < -0.3 is 9.30 Å². The number of nitrogens with zero attached hydrogens (tertiary/aromatic N) is 2. The highest BCUT2D eigenvalue weighted by atomic mass is 16.5. The second-order valence-corrected chi connectivity index (χ2v) is 7.56. The number of aromatic nitrogens is 2. The van der Waals surface area contributed by atoms with E-state index in [-0.39, 0.29) is 5.60 Å². The van der Waals surface area contributed by atoms with Gasteiger partial charge in [-0.05, 0) is 33.1 Å². The first-order valence-electron chi connectivity index (χ1n) is 9.18. The maximum absolute atomic E-state index is 6.40. The molecule has 2 heterocycles. The molecule has 0 saturated carbocycles. The maximum atomic E-state index is 6.40. The molecule has 3 heteroatoms. The molecule has 0 atom stereocenters. The fourth-order valence-corrected chi connectivity index (χ4v) is 3.85. The molecule has 2 aromatic carbocycles. The zero-order valence-electron chi connectivity index (χ0n) is 14.9. The Hall–Kier alpha value is -2.03. The SMILES string of the molecule is CCCCCn1cnc2c3c(c4ccccc4c21)OC(C)(C)CC3. The summed E-state index contributed by atoms with van der Waals surface area (Å²) in [5.41, 5.74) is 3.60. The Kier molecular flexibility index (Phi) is 3.75. The van der Waals surface area contributed by atoms with Gasteiger partial charge in [0.05, 0.1) is 17.4 Å². The predicted molar refractivity (Wildman–Crippen MR) is 99.8 cm³/mol. The number of rotatable bonds is 4. The van der Waals surface area contributed by atoms with Crippen molar-refractivity contribution >= 4 is 21.8 Å². The lowest BCUT2D eigenvalue weighted by atomic mass is 9.91. The van der Waals surface area contributed by atoms with Crippen LogP contribution in [0.25, 0.3) is 21.8 Å². The van der Waals surface area contributed by atoms with Gasteiger partial charge in [-0.3, -0.25) is 0 Å². The lowest BCUT2D eigenvalue weighted by Crippen LogP contribution is -2.32. The lowest BCUT2D eigenvalue weighted by Gasteiger charge is -2.33. The van der Waals surface area contributed by atoms with Gasteiger partial charge in [0.15, 0.2) is 0 Å². The van der Waals surface area contributed by atoms with Crippen molar-refractivity contribution in [3.05, 3.63) is 36.2 Å². The number of hydrogen-bond acceptors (Lipinski definition) is 2. The summed E-state index contributed by atoms with van der Waals surface area (Å²) in [4.78, 5) is 4.79. The van der Waals surface area contributed by atoms with Crippen LogP contribution < -0.4 is 4.74 Å². The third-order valence-corrected chi connectivity index (χ3v) is 5.18. The van der Waals surface area contributed by atoms with E-state index in [1.54, 1.807) is 0 Å². The zero-order chi connectivity index (χ0) is 16.7. The molecule has 4 rings (SSSR count). The van der Waals surface area contributed by atoms with Gasteiger partial charge in [-0.1, -0.05) is 44.0 Å². The Labute approximate surface area is 143 Å². The number of benzene rings is 2. The van der Waals surface area contributed by atoms with E-state index < -0.39 is 0 Å². The molecule has 0 unspecified atom stereocenters. The molecule has 0 spiro atoms. The topological polar surface area (TPSA) is 27.1 Å². The maximum Gasteiger partial charge on any atom is 0.133 e. The summed E-state index contributed by atoms with van der Waals surface area (Å²) in [5, 5.41) is 2.49. The zero-order valence-corrected chi connectivity index (χ0v) is 14.9. The van der Waals surface area contributed by atoms with Crippen molar-refractivity contribution in [2.45, 2.75) is 65.0 Å². The van der Waals surface area contributed by atoms with Crippen molar-refractivity contribution in [2.24, 2.45) is 0 Å². The Balaban J connectivity index is 1.95. The molecule has 0 aliphatic carbocycles. The fourth-order valence-electron chi connectivity index (χ4n) is 3.85. The second kappa shape index (κ2) is 5.80. The number of hydrogen-bond donors (Lipinski definition) is 0. The van der Waals surface area contributed by atoms with Crippen LogP contribution in [0.3, 0.4) is 0 Å². The highest BCUT2D eigenvalue weighted by Gasteiger charge is 2.30. The smallest absolute Gasteiger partial charge is 0.133 e. The van der Waals surface area contributed by atoms with Crippen LogP contribution in [0.5, 0.6) is 5.75 Å². The van der Waals surface area contributed by atoms with E-state index in [0.29, 0.717) is 0 Å². The predicted octanol–water partition coefficient (Wildman–Crippen LogP) is 5.48. The molecule has 3 aromatic rings. The van der Waals surface area contributed by atoms with E-state index in [4.69, 9.17) is 9.72 Å². The minimum absolute atomic E-state index is 0.104. The van der Waals surface area contributed by atoms with Crippen molar-refractivity contribution in [3.63, 3.8) is 0 Å². The van der Waals surface area contributed by atoms with Crippen LogP contribution in [0.15, 0.2) is 30.6 Å². The Morgan fingerprint density at radius 2 is 1.96 bits per heavy atom. The van der Waals surface area contributed by atoms with Crippen molar-refractivity contribution in [2.75, 3.05) is 0 Å². The molecule has 0 bridgehead atoms. The molecule has 0 fully saturated rings. The first-order chi connectivity index (χ1) is 11.6. The Morgan fingerprint density at radius 1 is 1.17 bits per heavy atom. The minimum Gasteiger partial charge on any atom is -0.487 e. The van der Waals surface area contributed by atoms with Gasteiger partial charge in [-0.15, -0.1) is 0 Å². The van der Waals surface area contributed by atoms with Crippen LogP contribution >= 0.6 is 0 Å². The summed E-state index contributed by atoms with van der Waals surface area (Å²) in [6.07, 6.45) is 7.81. The standard InChI is InChI=1S/C21H26N2O/c1-4-5-8-13-23-14-22-18-17-11-12-21(2,3)24-20(17)16-10-7-6-9-15(16)19(18)23/h6-7,9-10,14H,4-5,8,11-13H2,1-3H3. The van der Waals surface area contributed by atoms with E-state index in [1.807, 2.05) is 6.33 Å². The number of ether oxygens (including phenoxy) is 1. The average Bonchev–Trinajstić information content (AvgIpc) is 2.99. The molecule has 0 saturated heterocycles. The van der Waals surface area contributed by atoms with E-state index >= 15 is 0 Å². The molecular formula is C21H26N2O. The normalized spacial score (nSPS) is 16.3. The molecule has 1 aliphatic rings. The number of fused-ring (bicyclic) bond motifs is 6. The summed E-state index contributed by atoms with van der Waals surface area (Å²) in [6, 6.07) is 8.63. The molecular weight excluding hydrogens is 296 g/mol. The molecule has 0 amide bonds. The van der Waals surface area contributed by atoms with Crippen LogP contribution in [0.1, 0.15) is 52.0 Å². The van der Waals surface area contributed by atoms with Gasteiger partial charge in [-0.25, -0.2) is 4.98 Å². The van der Waals surface area contributed by atoms with E-state index in [9.17, 15) is 0 Å². The summed E-state index contributed by atoms with van der Waals surface area (Å²) in [5.74, 6) is 1.05. The molecule has 126 valence electrons. The van der Waals surface area contributed by atoms with Crippen molar-refractivity contribution in [1.82, 2.24) is 9.55 Å². The third kappa shape index (κ3) is 2.47. The summed E-state index contributed by atoms with van der Waals surface area (Å²) in [6.45, 7) is 7.65. The summed E-state index contributed by atoms with van der Waals surface area (Å²) in [7, 11) is 0. The fraction of sp³-hybridized carbons (Fsp3) is 0.476. The molecule has 1 aliphatic heterocycles. The summed E-state index contributed by atoms with van der Waals surface area (Å²) < 4.78 is 8.74. The minimum atomic E-state index is -0.104. The molecule has 3 nitrogen and oxygen atoms in total. The van der Waals surface area contributed by atoms with Crippen LogP contribution in [-0.4, -0.2) is 15.2 Å². The van der Waals surface area contributed by atoms with Crippen molar-refractivity contribution in [3.8, 4) is 5.75 Å². The van der Waals surface area contributed by atoms with Gasteiger partial charge in [0.25, 0.3) is 0 Å². The van der Waals surface area contributed by atoms with Crippen LogP contribution in [0.2, 0.25) is 0 Å². The molecule has 24 heavy (non-hydrogen) atoms. The van der Waals surface area contributed by atoms with Gasteiger partial charge in [0.1, 0.15) is 11.4 Å². The lowest BCUT2D eigenvalue weighted by molar-refractivity contribution is 0.0873. The Bertz CT molecular complexity index is 892. The van der Waals surface area contributed by atoms with Gasteiger partial charge >= 0.3 is 0 Å². The van der Waals surface area contributed by atoms with Crippen LogP contribution in [0, 0.1) is 0 Å². The van der Waals surface area contributed by atoms with E-state index in [1.165, 1.54) is 41.1 Å². The quantitative estimate of drug-likeness (QED) is 0.594. The monoisotopic (exact) mass is 322 g/mol. The highest BCUT2D eigenvalue weighted by molar-refractivity contribution is 6.09. The molecule has 0 radical (unpaired) electrons. The Morgan fingerprint density at radius 3 is 2.75 bits per heavy atom. The van der Waals surface area contributed by atoms with Gasteiger partial charge in [0.2, 0.25) is 0 Å².